The summed E-state index contributed by atoms with van der Waals surface area (Å²) in [4.78, 5) is 18.6. The number of hydrogen-bond acceptors (Lipinski definition) is 2. The van der Waals surface area contributed by atoms with Gasteiger partial charge in [0.15, 0.2) is 0 Å². The van der Waals surface area contributed by atoms with E-state index >= 15 is 0 Å². The maximum atomic E-state index is 12.1. The van der Waals surface area contributed by atoms with Crippen molar-refractivity contribution >= 4 is 49.1 Å². The van der Waals surface area contributed by atoms with E-state index in [2.05, 4.69) is 15.2 Å². The Morgan fingerprint density at radius 2 is 1.73 bits per heavy atom. The predicted molar refractivity (Wildman–Crippen MR) is 93.3 cm³/mol. The van der Waals surface area contributed by atoms with Gasteiger partial charge in [-0.1, -0.05) is 0 Å². The molecule has 0 aliphatic carbocycles. The van der Waals surface area contributed by atoms with Crippen LogP contribution in [0.3, 0.4) is 0 Å². The molecule has 3 nitrogen and oxygen atoms in total. The quantitative estimate of drug-likeness (QED) is 0.675. The standard InChI is InChI=1S/C16H11ClN2OSe.ClH/c17-13-8-6-11(7-9-13)14-10-21-16(18-14)19-15(20)12-4-2-1-3-5-12;/h1-10H,(H,18,19,20);1H. The van der Waals surface area contributed by atoms with Gasteiger partial charge < -0.3 is 0 Å². The molecule has 0 bridgehead atoms. The molecule has 0 atom stereocenters. The SMILES string of the molecule is Cl.O=C(Nc1nc(-c2ccc(Cl)cc2)c[se]1)c1ccccc1. The number of carbonyl (C=O) groups excluding carboxylic acids is 1. The number of halogens is 2. The molecule has 0 fully saturated rings. The van der Waals surface area contributed by atoms with Crippen LogP contribution < -0.4 is 5.32 Å². The molecule has 0 unspecified atom stereocenters. The molecule has 112 valence electrons. The molecule has 6 heteroatoms. The number of rotatable bonds is 3. The molecule has 2 aromatic carbocycles. The summed E-state index contributed by atoms with van der Waals surface area (Å²) in [5.41, 5.74) is 2.52. The fraction of sp³-hybridized carbons (Fsp3) is 0. The molecule has 1 N–H and O–H groups in total. The molecule has 3 aromatic rings. The molecule has 0 saturated heterocycles. The van der Waals surface area contributed by atoms with Gasteiger partial charge in [0.1, 0.15) is 0 Å². The van der Waals surface area contributed by atoms with E-state index in [1.54, 1.807) is 12.1 Å². The molecule has 0 radical (unpaired) electrons. The average molecular weight is 398 g/mol. The van der Waals surface area contributed by atoms with Crippen LogP contribution in [0.4, 0.5) is 4.69 Å². The van der Waals surface area contributed by atoms with Crippen molar-refractivity contribution in [3.8, 4) is 11.3 Å². The number of carbonyl (C=O) groups is 1. The molecule has 0 aliphatic heterocycles. The Hall–Kier alpha value is -1.58. The summed E-state index contributed by atoms with van der Waals surface area (Å²) in [5, 5.41) is 3.57. The maximum absolute atomic E-state index is 12.1. The van der Waals surface area contributed by atoms with Crippen molar-refractivity contribution in [3.05, 3.63) is 70.1 Å². The van der Waals surface area contributed by atoms with Crippen LogP contribution in [0.15, 0.2) is 59.5 Å². The number of anilines is 1. The van der Waals surface area contributed by atoms with E-state index < -0.39 is 0 Å². The summed E-state index contributed by atoms with van der Waals surface area (Å²) < 4.78 is 0.723. The zero-order valence-corrected chi connectivity index (χ0v) is 14.6. The summed E-state index contributed by atoms with van der Waals surface area (Å²) in [6.45, 7) is 0. The summed E-state index contributed by atoms with van der Waals surface area (Å²) in [5.74, 6) is -0.123. The Labute approximate surface area is 145 Å². The van der Waals surface area contributed by atoms with Crippen LogP contribution in [0.1, 0.15) is 10.4 Å². The fourth-order valence-corrected chi connectivity index (χ4v) is 3.47. The third kappa shape index (κ3) is 3.99. The van der Waals surface area contributed by atoms with Gasteiger partial charge in [-0.3, -0.25) is 0 Å². The van der Waals surface area contributed by atoms with Crippen LogP contribution in [-0.4, -0.2) is 25.4 Å². The van der Waals surface area contributed by atoms with Gasteiger partial charge in [-0.05, 0) is 0 Å². The van der Waals surface area contributed by atoms with Crippen molar-refractivity contribution in [3.63, 3.8) is 0 Å². The summed E-state index contributed by atoms with van der Waals surface area (Å²) in [7, 11) is 0. The molecule has 0 aliphatic rings. The second kappa shape index (κ2) is 7.61. The minimum atomic E-state index is -0.123. The molecule has 1 amide bonds. The second-order valence-electron chi connectivity index (χ2n) is 4.36. The number of nitrogens with one attached hydrogen (secondary N) is 1. The van der Waals surface area contributed by atoms with Crippen LogP contribution in [0, 0.1) is 0 Å². The number of amides is 1. The minimum absolute atomic E-state index is 0. The van der Waals surface area contributed by atoms with E-state index in [0.29, 0.717) is 10.6 Å². The number of benzene rings is 2. The van der Waals surface area contributed by atoms with E-state index in [1.165, 1.54) is 0 Å². The van der Waals surface area contributed by atoms with Crippen LogP contribution >= 0.6 is 24.0 Å². The van der Waals surface area contributed by atoms with Gasteiger partial charge in [-0.15, -0.1) is 12.4 Å². The Bertz CT molecular complexity index is 757. The Morgan fingerprint density at radius 1 is 1.05 bits per heavy atom. The van der Waals surface area contributed by atoms with Gasteiger partial charge >= 0.3 is 133 Å². The van der Waals surface area contributed by atoms with Crippen LogP contribution in [-0.2, 0) is 0 Å². The Balaban J connectivity index is 0.00000176. The molecular weight excluding hydrogens is 386 g/mol. The zero-order valence-electron chi connectivity index (χ0n) is 11.3. The summed E-state index contributed by atoms with van der Waals surface area (Å²) >= 11 is 5.92. The van der Waals surface area contributed by atoms with Gasteiger partial charge in [0, 0.05) is 0 Å². The van der Waals surface area contributed by atoms with Crippen LogP contribution in [0.5, 0.6) is 0 Å². The van der Waals surface area contributed by atoms with Gasteiger partial charge in [0.25, 0.3) is 0 Å². The van der Waals surface area contributed by atoms with Gasteiger partial charge in [0.2, 0.25) is 0 Å². The molecule has 22 heavy (non-hydrogen) atoms. The third-order valence-electron chi connectivity index (χ3n) is 2.90. The normalized spacial score (nSPS) is 9.86. The first-order valence-electron chi connectivity index (χ1n) is 6.30. The zero-order chi connectivity index (χ0) is 14.7. The predicted octanol–water partition coefficient (Wildman–Crippen LogP) is 4.13. The van der Waals surface area contributed by atoms with E-state index in [9.17, 15) is 4.79 Å². The monoisotopic (exact) mass is 398 g/mol. The molecule has 0 spiro atoms. The summed E-state index contributed by atoms with van der Waals surface area (Å²) in [6, 6.07) is 16.7. The molecule has 3 rings (SSSR count). The molecule has 1 heterocycles. The first-order chi connectivity index (χ1) is 10.2. The molecule has 1 aromatic heterocycles. The molecule has 0 saturated carbocycles. The fourth-order valence-electron chi connectivity index (χ4n) is 1.84. The first kappa shape index (κ1) is 16.8. The van der Waals surface area contributed by atoms with Crippen LogP contribution in [0.2, 0.25) is 5.02 Å². The van der Waals surface area contributed by atoms with Crippen molar-refractivity contribution < 1.29 is 4.79 Å². The third-order valence-corrected chi connectivity index (χ3v) is 4.74. The van der Waals surface area contributed by atoms with Gasteiger partial charge in [-0.2, -0.15) is 0 Å². The Kier molecular flexibility index (Phi) is 5.81. The number of aromatic nitrogens is 1. The van der Waals surface area contributed by atoms with E-state index in [4.69, 9.17) is 11.6 Å². The van der Waals surface area contributed by atoms with Crippen molar-refractivity contribution in [2.45, 2.75) is 0 Å². The van der Waals surface area contributed by atoms with E-state index in [0.717, 1.165) is 15.9 Å². The van der Waals surface area contributed by atoms with Gasteiger partial charge in [-0.25, -0.2) is 0 Å². The topological polar surface area (TPSA) is 42.0 Å². The average Bonchev–Trinajstić information content (AvgIpc) is 2.97. The number of nitrogens with zero attached hydrogens (tertiary/aromatic N) is 1. The number of hydrogen-bond donors (Lipinski definition) is 1. The van der Waals surface area contributed by atoms with E-state index in [-0.39, 0.29) is 32.8 Å². The van der Waals surface area contributed by atoms with Crippen molar-refractivity contribution in [1.82, 2.24) is 4.98 Å². The Morgan fingerprint density at radius 3 is 2.41 bits per heavy atom. The van der Waals surface area contributed by atoms with Crippen molar-refractivity contribution in [2.24, 2.45) is 0 Å². The van der Waals surface area contributed by atoms with Crippen molar-refractivity contribution in [2.75, 3.05) is 5.32 Å². The first-order valence-corrected chi connectivity index (χ1v) is 8.52. The van der Waals surface area contributed by atoms with Crippen LogP contribution in [0.25, 0.3) is 11.3 Å². The van der Waals surface area contributed by atoms with Gasteiger partial charge in [0.05, 0.1) is 0 Å². The molecular formula is C16H12Cl2N2OSe. The van der Waals surface area contributed by atoms with Crippen molar-refractivity contribution in [1.29, 1.82) is 0 Å². The second-order valence-corrected chi connectivity index (χ2v) is 6.60. The summed E-state index contributed by atoms with van der Waals surface area (Å²) in [6.07, 6.45) is 0. The van der Waals surface area contributed by atoms with E-state index in [1.807, 2.05) is 42.5 Å².